The number of rotatable bonds is 4. The van der Waals surface area contributed by atoms with Crippen molar-refractivity contribution in [2.75, 3.05) is 6.61 Å². The lowest BCUT2D eigenvalue weighted by Crippen LogP contribution is -2.13. The Balaban J connectivity index is 1.82. The van der Waals surface area contributed by atoms with Gasteiger partial charge < -0.3 is 14.4 Å². The van der Waals surface area contributed by atoms with E-state index in [0.29, 0.717) is 17.0 Å². The number of benzene rings is 2. The van der Waals surface area contributed by atoms with Gasteiger partial charge in [-0.05, 0) is 37.6 Å². The maximum atomic E-state index is 11.4. The van der Waals surface area contributed by atoms with E-state index in [1.807, 2.05) is 38.1 Å². The summed E-state index contributed by atoms with van der Waals surface area (Å²) in [5.74, 6) is 0.604. The molecule has 0 fully saturated rings. The van der Waals surface area contributed by atoms with Crippen LogP contribution < -0.4 is 10.4 Å². The minimum absolute atomic E-state index is 0.126. The number of ether oxygens (including phenoxy) is 1. The molecular weight excluding hydrogens is 306 g/mol. The Morgan fingerprint density at radius 3 is 2.58 bits per heavy atom. The van der Waals surface area contributed by atoms with Crippen LogP contribution in [0.5, 0.6) is 5.75 Å². The molecule has 1 N–H and O–H groups in total. The normalized spacial score (nSPS) is 11.7. The van der Waals surface area contributed by atoms with Gasteiger partial charge in [0.25, 0.3) is 0 Å². The summed E-state index contributed by atoms with van der Waals surface area (Å²) < 4.78 is 10.9. The Kier molecular flexibility index (Phi) is 4.33. The molecule has 0 bridgehead atoms. The highest BCUT2D eigenvalue weighted by molar-refractivity contribution is 6.01. The molecule has 0 aliphatic carbocycles. The maximum absolute atomic E-state index is 11.4. The van der Waals surface area contributed by atoms with Gasteiger partial charge in [-0.3, -0.25) is 0 Å². The van der Waals surface area contributed by atoms with Crippen LogP contribution in [0.4, 0.5) is 0 Å². The molecule has 0 aliphatic rings. The number of oxime groups is 1. The van der Waals surface area contributed by atoms with E-state index in [-0.39, 0.29) is 12.2 Å². The first-order valence-electron chi connectivity index (χ1n) is 7.52. The fraction of sp³-hybridized carbons (Fsp3) is 0.158. The Hall–Kier alpha value is -3.08. The van der Waals surface area contributed by atoms with Crippen LogP contribution in [0.25, 0.3) is 11.0 Å². The topological polar surface area (TPSA) is 72.0 Å². The van der Waals surface area contributed by atoms with Crippen LogP contribution in [0.2, 0.25) is 0 Å². The van der Waals surface area contributed by atoms with Gasteiger partial charge in [0.05, 0.1) is 0 Å². The molecule has 0 saturated carbocycles. The van der Waals surface area contributed by atoms with Crippen LogP contribution in [-0.2, 0) is 0 Å². The van der Waals surface area contributed by atoms with E-state index in [9.17, 15) is 10.0 Å². The van der Waals surface area contributed by atoms with Crippen molar-refractivity contribution in [3.8, 4) is 5.75 Å². The van der Waals surface area contributed by atoms with E-state index in [1.54, 1.807) is 18.2 Å². The van der Waals surface area contributed by atoms with E-state index < -0.39 is 0 Å². The van der Waals surface area contributed by atoms with Crippen LogP contribution in [-0.4, -0.2) is 17.5 Å². The van der Waals surface area contributed by atoms with Crippen LogP contribution in [0, 0.1) is 13.8 Å². The van der Waals surface area contributed by atoms with Crippen molar-refractivity contribution < 1.29 is 14.4 Å². The highest BCUT2D eigenvalue weighted by Gasteiger charge is 2.08. The minimum atomic E-state index is -0.372. The predicted molar refractivity (Wildman–Crippen MR) is 92.2 cm³/mol. The average Bonchev–Trinajstić information content (AvgIpc) is 2.57. The highest BCUT2D eigenvalue weighted by Crippen LogP contribution is 2.22. The molecule has 0 aliphatic heterocycles. The van der Waals surface area contributed by atoms with Gasteiger partial charge in [-0.15, -0.1) is 0 Å². The summed E-state index contributed by atoms with van der Waals surface area (Å²) in [6.07, 6.45) is 0. The molecule has 3 aromatic rings. The predicted octanol–water partition coefficient (Wildman–Crippen LogP) is 3.67. The summed E-state index contributed by atoms with van der Waals surface area (Å²) in [5.41, 5.74) is 3.33. The molecule has 1 heterocycles. The monoisotopic (exact) mass is 323 g/mol. The first-order valence-corrected chi connectivity index (χ1v) is 7.52. The quantitative estimate of drug-likeness (QED) is 0.344. The molecule has 24 heavy (non-hydrogen) atoms. The Morgan fingerprint density at radius 1 is 1.12 bits per heavy atom. The average molecular weight is 323 g/mol. The van der Waals surface area contributed by atoms with Gasteiger partial charge in [-0.1, -0.05) is 35.0 Å². The molecule has 3 rings (SSSR count). The van der Waals surface area contributed by atoms with Crippen molar-refractivity contribution >= 4 is 16.7 Å². The van der Waals surface area contributed by atoms with E-state index in [2.05, 4.69) is 5.16 Å². The second kappa shape index (κ2) is 6.58. The Bertz CT molecular complexity index is 955. The van der Waals surface area contributed by atoms with Gasteiger partial charge in [0.2, 0.25) is 0 Å². The zero-order valence-corrected chi connectivity index (χ0v) is 13.4. The molecule has 0 saturated heterocycles. The summed E-state index contributed by atoms with van der Waals surface area (Å²) in [5, 5.41) is 13.4. The summed E-state index contributed by atoms with van der Waals surface area (Å²) in [6, 6.07) is 14.3. The number of hydrogen-bond acceptors (Lipinski definition) is 5. The van der Waals surface area contributed by atoms with E-state index in [0.717, 1.165) is 22.1 Å². The standard InChI is InChI=1S/C19H17NO4/c1-12-3-5-14(6-4-12)17(20-22)11-23-15-7-8-18-16(10-15)13(2)9-19(21)24-18/h3-10,22H,11H2,1-2H3/b20-17+. The third-order valence-electron chi connectivity index (χ3n) is 3.80. The second-order valence-electron chi connectivity index (χ2n) is 5.61. The SMILES string of the molecule is Cc1ccc(/C(COc2ccc3oc(=O)cc(C)c3c2)=N/O)cc1. The van der Waals surface area contributed by atoms with Crippen molar-refractivity contribution in [3.05, 3.63) is 75.6 Å². The molecule has 0 atom stereocenters. The Morgan fingerprint density at radius 2 is 1.88 bits per heavy atom. The molecule has 0 spiro atoms. The molecule has 5 nitrogen and oxygen atoms in total. The van der Waals surface area contributed by atoms with Gasteiger partial charge in [0.1, 0.15) is 23.7 Å². The largest absolute Gasteiger partial charge is 0.487 e. The lowest BCUT2D eigenvalue weighted by Gasteiger charge is -2.09. The van der Waals surface area contributed by atoms with Gasteiger partial charge >= 0.3 is 5.63 Å². The third-order valence-corrected chi connectivity index (χ3v) is 3.80. The molecule has 0 radical (unpaired) electrons. The summed E-state index contributed by atoms with van der Waals surface area (Å²) >= 11 is 0. The number of nitrogens with zero attached hydrogens (tertiary/aromatic N) is 1. The molecule has 0 unspecified atom stereocenters. The van der Waals surface area contributed by atoms with E-state index in [1.165, 1.54) is 6.07 Å². The molecule has 1 aromatic heterocycles. The number of hydrogen-bond donors (Lipinski definition) is 1. The van der Waals surface area contributed by atoms with Crippen LogP contribution >= 0.6 is 0 Å². The lowest BCUT2D eigenvalue weighted by atomic mass is 10.1. The maximum Gasteiger partial charge on any atom is 0.336 e. The summed E-state index contributed by atoms with van der Waals surface area (Å²) in [7, 11) is 0. The first-order chi connectivity index (χ1) is 11.6. The molecule has 5 heteroatoms. The van der Waals surface area contributed by atoms with Crippen molar-refractivity contribution in [2.24, 2.45) is 5.16 Å². The summed E-state index contributed by atoms with van der Waals surface area (Å²) in [6.45, 7) is 3.96. The smallest absolute Gasteiger partial charge is 0.336 e. The molecule has 0 amide bonds. The summed E-state index contributed by atoms with van der Waals surface area (Å²) in [4.78, 5) is 11.4. The molecule has 2 aromatic carbocycles. The molecular formula is C19H17NO4. The fourth-order valence-corrected chi connectivity index (χ4v) is 2.46. The van der Waals surface area contributed by atoms with E-state index in [4.69, 9.17) is 9.15 Å². The molecule has 122 valence electrons. The van der Waals surface area contributed by atoms with E-state index >= 15 is 0 Å². The van der Waals surface area contributed by atoms with Gasteiger partial charge in [0, 0.05) is 17.0 Å². The fourth-order valence-electron chi connectivity index (χ4n) is 2.46. The zero-order chi connectivity index (χ0) is 17.1. The van der Waals surface area contributed by atoms with Crippen LogP contribution in [0.1, 0.15) is 16.7 Å². The van der Waals surface area contributed by atoms with Gasteiger partial charge in [0.15, 0.2) is 0 Å². The van der Waals surface area contributed by atoms with Gasteiger partial charge in [-0.2, -0.15) is 0 Å². The van der Waals surface area contributed by atoms with Crippen LogP contribution in [0.3, 0.4) is 0 Å². The van der Waals surface area contributed by atoms with Gasteiger partial charge in [-0.25, -0.2) is 4.79 Å². The van der Waals surface area contributed by atoms with Crippen molar-refractivity contribution in [3.63, 3.8) is 0 Å². The van der Waals surface area contributed by atoms with Crippen LogP contribution in [0.15, 0.2) is 62.9 Å². The second-order valence-corrected chi connectivity index (χ2v) is 5.61. The van der Waals surface area contributed by atoms with Crippen molar-refractivity contribution in [2.45, 2.75) is 13.8 Å². The highest BCUT2D eigenvalue weighted by atomic mass is 16.5. The number of aryl methyl sites for hydroxylation is 2. The first kappa shape index (κ1) is 15.8. The lowest BCUT2D eigenvalue weighted by molar-refractivity contribution is 0.308. The third kappa shape index (κ3) is 3.30. The minimum Gasteiger partial charge on any atom is -0.487 e. The van der Waals surface area contributed by atoms with Crippen molar-refractivity contribution in [1.82, 2.24) is 0 Å². The zero-order valence-electron chi connectivity index (χ0n) is 13.4. The van der Waals surface area contributed by atoms with Crippen molar-refractivity contribution in [1.29, 1.82) is 0 Å². The Labute approximate surface area is 138 Å². The number of fused-ring (bicyclic) bond motifs is 1.